The largest absolute Gasteiger partial charge is 0.347 e. The van der Waals surface area contributed by atoms with Gasteiger partial charge in [-0.15, -0.1) is 0 Å². The number of carbonyl (C=O) groups excluding carboxylic acids is 4. The van der Waals surface area contributed by atoms with Gasteiger partial charge in [-0.3, -0.25) is 19.2 Å². The smallest absolute Gasteiger partial charge is 0.242 e. The van der Waals surface area contributed by atoms with Gasteiger partial charge in [0.15, 0.2) is 0 Å². The van der Waals surface area contributed by atoms with Gasteiger partial charge in [-0.05, 0) is 6.92 Å². The van der Waals surface area contributed by atoms with Gasteiger partial charge in [0.05, 0.1) is 19.6 Å². The van der Waals surface area contributed by atoms with Crippen molar-refractivity contribution in [3.63, 3.8) is 0 Å². The van der Waals surface area contributed by atoms with Gasteiger partial charge in [0.25, 0.3) is 0 Å². The molecule has 114 valence electrons. The number of amides is 3. The third kappa shape index (κ3) is 6.86. The van der Waals surface area contributed by atoms with Crippen molar-refractivity contribution >= 4 is 23.5 Å². The Morgan fingerprint density at radius 1 is 0.950 bits per heavy atom. The van der Waals surface area contributed by atoms with E-state index in [2.05, 4.69) is 5.32 Å². The fraction of sp³-hybridized carbons (Fsp3) is 0.692. The number of nitrogens with one attached hydrogen (secondary N) is 1. The van der Waals surface area contributed by atoms with Crippen LogP contribution in [0.4, 0.5) is 0 Å². The standard InChI is InChI=1S/C13H23N3O4/c1-9(2)13(20)14-6-11(18)16(5)8-12(19)15(4)7-10(3)17/h9H,6-8H2,1-5H3,(H,14,20). The number of hydrogen-bond donors (Lipinski definition) is 1. The summed E-state index contributed by atoms with van der Waals surface area (Å²) in [5.74, 6) is -1.22. The molecule has 0 atom stereocenters. The summed E-state index contributed by atoms with van der Waals surface area (Å²) in [7, 11) is 2.98. The van der Waals surface area contributed by atoms with Crippen molar-refractivity contribution in [2.24, 2.45) is 5.92 Å². The van der Waals surface area contributed by atoms with Crippen molar-refractivity contribution in [1.29, 1.82) is 0 Å². The highest BCUT2D eigenvalue weighted by Crippen LogP contribution is 1.93. The van der Waals surface area contributed by atoms with Crippen LogP contribution >= 0.6 is 0 Å². The molecule has 0 rings (SSSR count). The average molecular weight is 285 g/mol. The van der Waals surface area contributed by atoms with Gasteiger partial charge in [-0.1, -0.05) is 13.8 Å². The summed E-state index contributed by atoms with van der Waals surface area (Å²) in [6.45, 7) is 4.59. The van der Waals surface area contributed by atoms with Crippen LogP contribution in [0, 0.1) is 5.92 Å². The predicted molar refractivity (Wildman–Crippen MR) is 73.8 cm³/mol. The molecule has 0 saturated heterocycles. The van der Waals surface area contributed by atoms with Crippen molar-refractivity contribution in [1.82, 2.24) is 15.1 Å². The molecule has 0 bridgehead atoms. The normalized spacial score (nSPS) is 10.1. The predicted octanol–water partition coefficient (Wildman–Crippen LogP) is -0.736. The summed E-state index contributed by atoms with van der Waals surface area (Å²) in [5.41, 5.74) is 0. The molecular weight excluding hydrogens is 262 g/mol. The highest BCUT2D eigenvalue weighted by atomic mass is 16.2. The number of likely N-dealkylation sites (N-methyl/N-ethyl adjacent to an activating group) is 2. The first-order valence-corrected chi connectivity index (χ1v) is 6.40. The molecular formula is C13H23N3O4. The summed E-state index contributed by atoms with van der Waals surface area (Å²) < 4.78 is 0. The maximum absolute atomic E-state index is 11.7. The minimum atomic E-state index is -0.358. The van der Waals surface area contributed by atoms with Crippen LogP contribution in [0.1, 0.15) is 20.8 Å². The fourth-order valence-electron chi connectivity index (χ4n) is 1.34. The SMILES string of the molecule is CC(=O)CN(C)C(=O)CN(C)C(=O)CNC(=O)C(C)C. The molecule has 0 aromatic heterocycles. The number of nitrogens with zero attached hydrogens (tertiary/aromatic N) is 2. The van der Waals surface area contributed by atoms with E-state index in [0.717, 1.165) is 0 Å². The Balaban J connectivity index is 4.22. The molecule has 7 nitrogen and oxygen atoms in total. The average Bonchev–Trinajstić information content (AvgIpc) is 2.33. The Hall–Kier alpha value is -1.92. The zero-order valence-electron chi connectivity index (χ0n) is 12.7. The molecule has 0 heterocycles. The molecule has 0 unspecified atom stereocenters. The van der Waals surface area contributed by atoms with Crippen LogP contribution in [-0.4, -0.2) is 67.0 Å². The molecule has 0 aromatic rings. The van der Waals surface area contributed by atoms with E-state index in [1.54, 1.807) is 13.8 Å². The van der Waals surface area contributed by atoms with E-state index in [1.165, 1.54) is 30.8 Å². The van der Waals surface area contributed by atoms with Crippen LogP contribution in [0.5, 0.6) is 0 Å². The molecule has 0 fully saturated rings. The van der Waals surface area contributed by atoms with Crippen LogP contribution in [0.2, 0.25) is 0 Å². The lowest BCUT2D eigenvalue weighted by Gasteiger charge is -2.21. The Bertz CT molecular complexity index is 393. The fourth-order valence-corrected chi connectivity index (χ4v) is 1.34. The Labute approximate surface area is 119 Å². The monoisotopic (exact) mass is 285 g/mol. The van der Waals surface area contributed by atoms with Gasteiger partial charge in [-0.2, -0.15) is 0 Å². The van der Waals surface area contributed by atoms with E-state index in [-0.39, 0.29) is 49.1 Å². The number of Topliss-reactive ketones (excluding diaryl/α,β-unsaturated/α-hetero) is 1. The zero-order chi connectivity index (χ0) is 15.9. The summed E-state index contributed by atoms with van der Waals surface area (Å²) in [6.07, 6.45) is 0. The van der Waals surface area contributed by atoms with E-state index in [9.17, 15) is 19.2 Å². The van der Waals surface area contributed by atoms with Crippen molar-refractivity contribution in [2.75, 3.05) is 33.7 Å². The molecule has 20 heavy (non-hydrogen) atoms. The van der Waals surface area contributed by atoms with Gasteiger partial charge in [0.2, 0.25) is 17.7 Å². The molecule has 0 radical (unpaired) electrons. The molecule has 0 spiro atoms. The van der Waals surface area contributed by atoms with Crippen LogP contribution in [0.3, 0.4) is 0 Å². The number of hydrogen-bond acceptors (Lipinski definition) is 4. The van der Waals surface area contributed by atoms with Gasteiger partial charge in [0, 0.05) is 20.0 Å². The van der Waals surface area contributed by atoms with Crippen molar-refractivity contribution in [3.05, 3.63) is 0 Å². The molecule has 0 aliphatic carbocycles. The van der Waals surface area contributed by atoms with E-state index < -0.39 is 0 Å². The second-order valence-corrected chi connectivity index (χ2v) is 5.07. The van der Waals surface area contributed by atoms with Crippen molar-refractivity contribution in [2.45, 2.75) is 20.8 Å². The second-order valence-electron chi connectivity index (χ2n) is 5.07. The van der Waals surface area contributed by atoms with E-state index in [4.69, 9.17) is 0 Å². The first-order valence-electron chi connectivity index (χ1n) is 6.40. The molecule has 7 heteroatoms. The second kappa shape index (κ2) is 8.29. The number of rotatable bonds is 7. The highest BCUT2D eigenvalue weighted by Gasteiger charge is 2.17. The molecule has 0 aliphatic rings. The van der Waals surface area contributed by atoms with Crippen LogP contribution in [-0.2, 0) is 19.2 Å². The minimum Gasteiger partial charge on any atom is -0.347 e. The van der Waals surface area contributed by atoms with E-state index in [1.807, 2.05) is 0 Å². The molecule has 0 aliphatic heterocycles. The van der Waals surface area contributed by atoms with Crippen molar-refractivity contribution < 1.29 is 19.2 Å². The number of carbonyl (C=O) groups is 4. The summed E-state index contributed by atoms with van der Waals surface area (Å²) in [5, 5.41) is 2.49. The number of ketones is 1. The maximum atomic E-state index is 11.7. The van der Waals surface area contributed by atoms with Crippen LogP contribution in [0.15, 0.2) is 0 Å². The third-order valence-corrected chi connectivity index (χ3v) is 2.62. The lowest BCUT2D eigenvalue weighted by molar-refractivity contribution is -0.140. The van der Waals surface area contributed by atoms with Gasteiger partial charge >= 0.3 is 0 Å². The van der Waals surface area contributed by atoms with Gasteiger partial charge in [0.1, 0.15) is 5.78 Å². The first-order chi connectivity index (χ1) is 9.15. The molecule has 0 saturated carbocycles. The zero-order valence-corrected chi connectivity index (χ0v) is 12.7. The molecule has 1 N–H and O–H groups in total. The summed E-state index contributed by atoms with van der Waals surface area (Å²) in [6, 6.07) is 0. The first kappa shape index (κ1) is 18.1. The minimum absolute atomic E-state index is 0.0188. The Morgan fingerprint density at radius 2 is 1.45 bits per heavy atom. The van der Waals surface area contributed by atoms with E-state index >= 15 is 0 Å². The van der Waals surface area contributed by atoms with Crippen molar-refractivity contribution in [3.8, 4) is 0 Å². The quantitative estimate of drug-likeness (QED) is 0.668. The lowest BCUT2D eigenvalue weighted by atomic mass is 10.2. The molecule has 0 aromatic carbocycles. The summed E-state index contributed by atoms with van der Waals surface area (Å²) in [4.78, 5) is 48.2. The van der Waals surface area contributed by atoms with Gasteiger partial charge in [-0.25, -0.2) is 0 Å². The van der Waals surface area contributed by atoms with Gasteiger partial charge < -0.3 is 15.1 Å². The third-order valence-electron chi connectivity index (χ3n) is 2.62. The van der Waals surface area contributed by atoms with E-state index in [0.29, 0.717) is 0 Å². The lowest BCUT2D eigenvalue weighted by Crippen LogP contribution is -2.44. The Kier molecular flexibility index (Phi) is 7.49. The Morgan fingerprint density at radius 3 is 1.90 bits per heavy atom. The topological polar surface area (TPSA) is 86.8 Å². The maximum Gasteiger partial charge on any atom is 0.242 e. The van der Waals surface area contributed by atoms with Crippen LogP contribution < -0.4 is 5.32 Å². The highest BCUT2D eigenvalue weighted by molar-refractivity contribution is 5.90. The molecule has 3 amide bonds. The summed E-state index contributed by atoms with van der Waals surface area (Å²) >= 11 is 0. The van der Waals surface area contributed by atoms with Crippen LogP contribution in [0.25, 0.3) is 0 Å².